The van der Waals surface area contributed by atoms with Gasteiger partial charge in [0.1, 0.15) is 6.54 Å². The molecule has 9 heteroatoms. The van der Waals surface area contributed by atoms with Gasteiger partial charge in [-0.25, -0.2) is 9.48 Å². The first kappa shape index (κ1) is 11.8. The molecule has 19 heavy (non-hydrogen) atoms. The van der Waals surface area contributed by atoms with E-state index in [0.29, 0.717) is 17.6 Å². The average Bonchev–Trinajstić information content (AvgIpc) is 2.97. The van der Waals surface area contributed by atoms with E-state index in [-0.39, 0.29) is 19.0 Å². The molecule has 0 saturated heterocycles. The Morgan fingerprint density at radius 3 is 3.11 bits per heavy atom. The lowest BCUT2D eigenvalue weighted by molar-refractivity contribution is 0.0504. The van der Waals surface area contributed by atoms with Gasteiger partial charge in [-0.3, -0.25) is 0 Å². The molecule has 0 bridgehead atoms. The van der Waals surface area contributed by atoms with Gasteiger partial charge in [-0.15, -0.1) is 5.10 Å². The average molecular weight is 264 g/mol. The van der Waals surface area contributed by atoms with Gasteiger partial charge in [0.15, 0.2) is 5.82 Å². The first-order valence-corrected chi connectivity index (χ1v) is 6.03. The zero-order valence-corrected chi connectivity index (χ0v) is 10.3. The van der Waals surface area contributed by atoms with Gasteiger partial charge in [0.25, 0.3) is 5.82 Å². The van der Waals surface area contributed by atoms with E-state index in [2.05, 4.69) is 25.7 Å². The van der Waals surface area contributed by atoms with E-state index in [9.17, 15) is 4.79 Å². The molecule has 100 valence electrons. The van der Waals surface area contributed by atoms with E-state index in [0.717, 1.165) is 12.8 Å². The third kappa shape index (κ3) is 2.44. The van der Waals surface area contributed by atoms with Crippen LogP contribution in [0.3, 0.4) is 0 Å². The van der Waals surface area contributed by atoms with Gasteiger partial charge >= 0.3 is 5.97 Å². The molecule has 9 nitrogen and oxygen atoms in total. The monoisotopic (exact) mass is 264 g/mol. The summed E-state index contributed by atoms with van der Waals surface area (Å²) in [6, 6.07) is 0. The molecule has 0 amide bonds. The van der Waals surface area contributed by atoms with Gasteiger partial charge < -0.3 is 9.26 Å². The van der Waals surface area contributed by atoms with Gasteiger partial charge in [0.05, 0.1) is 6.61 Å². The molecule has 1 saturated carbocycles. The van der Waals surface area contributed by atoms with E-state index >= 15 is 0 Å². The normalized spacial score (nSPS) is 14.6. The molecule has 0 spiro atoms. The number of hydrogen-bond acceptors (Lipinski definition) is 8. The number of esters is 1. The zero-order chi connectivity index (χ0) is 13.2. The largest absolute Gasteiger partial charge is 0.460 e. The fourth-order valence-electron chi connectivity index (χ4n) is 1.62. The molecule has 1 fully saturated rings. The highest BCUT2D eigenvalue weighted by Gasteiger charge is 2.29. The van der Waals surface area contributed by atoms with Crippen molar-refractivity contribution in [2.75, 3.05) is 6.61 Å². The van der Waals surface area contributed by atoms with E-state index in [1.54, 1.807) is 6.92 Å². The molecule has 0 aliphatic heterocycles. The number of aromatic nitrogens is 6. The molecular weight excluding hydrogens is 252 g/mol. The lowest BCUT2D eigenvalue weighted by Gasteiger charge is -2.00. The number of tetrazole rings is 1. The van der Waals surface area contributed by atoms with Gasteiger partial charge in [0, 0.05) is 5.92 Å². The Labute approximate surface area is 107 Å². The Morgan fingerprint density at radius 1 is 1.53 bits per heavy atom. The topological polar surface area (TPSA) is 109 Å². The number of rotatable bonds is 5. The Balaban J connectivity index is 1.75. The summed E-state index contributed by atoms with van der Waals surface area (Å²) < 4.78 is 11.2. The van der Waals surface area contributed by atoms with E-state index < -0.39 is 5.97 Å². The summed E-state index contributed by atoms with van der Waals surface area (Å²) in [5, 5.41) is 14.7. The van der Waals surface area contributed by atoms with Crippen molar-refractivity contribution in [3.8, 4) is 0 Å². The highest BCUT2D eigenvalue weighted by molar-refractivity contribution is 5.85. The summed E-state index contributed by atoms with van der Waals surface area (Å²) in [5.74, 6) is 0.943. The quantitative estimate of drug-likeness (QED) is 0.702. The summed E-state index contributed by atoms with van der Waals surface area (Å²) in [4.78, 5) is 15.8. The standard InChI is InChI=1S/C10H12N6O3/c1-2-18-10(17)9-12-14-15-16(9)5-7-11-8(13-19-7)6-3-4-6/h6H,2-5H2,1H3. The van der Waals surface area contributed by atoms with Crippen molar-refractivity contribution in [2.45, 2.75) is 32.2 Å². The van der Waals surface area contributed by atoms with Crippen LogP contribution >= 0.6 is 0 Å². The molecule has 2 heterocycles. The van der Waals surface area contributed by atoms with Crippen LogP contribution in [0.2, 0.25) is 0 Å². The summed E-state index contributed by atoms with van der Waals surface area (Å²) in [7, 11) is 0. The fraction of sp³-hybridized carbons (Fsp3) is 0.600. The fourth-order valence-corrected chi connectivity index (χ4v) is 1.62. The SMILES string of the molecule is CCOC(=O)c1nnnn1Cc1nc(C2CC2)no1. The van der Waals surface area contributed by atoms with Crippen LogP contribution in [0.1, 0.15) is 48.0 Å². The maximum atomic E-state index is 11.6. The molecule has 0 radical (unpaired) electrons. The van der Waals surface area contributed by atoms with Crippen molar-refractivity contribution < 1.29 is 14.1 Å². The van der Waals surface area contributed by atoms with Gasteiger partial charge in [-0.2, -0.15) is 4.98 Å². The van der Waals surface area contributed by atoms with E-state index in [4.69, 9.17) is 9.26 Å². The Kier molecular flexibility index (Phi) is 2.94. The molecule has 3 rings (SSSR count). The minimum absolute atomic E-state index is 0.0213. The molecule has 0 atom stereocenters. The Hall–Kier alpha value is -2.32. The molecule has 0 aromatic carbocycles. The van der Waals surface area contributed by atoms with Crippen LogP contribution in [-0.4, -0.2) is 42.9 Å². The molecule has 1 aliphatic carbocycles. The van der Waals surface area contributed by atoms with Crippen molar-refractivity contribution in [2.24, 2.45) is 0 Å². The second-order valence-electron chi connectivity index (χ2n) is 4.20. The highest BCUT2D eigenvalue weighted by atomic mass is 16.5. The molecular formula is C10H12N6O3. The van der Waals surface area contributed by atoms with Crippen molar-refractivity contribution >= 4 is 5.97 Å². The van der Waals surface area contributed by atoms with Crippen molar-refractivity contribution in [1.29, 1.82) is 0 Å². The van der Waals surface area contributed by atoms with Gasteiger partial charge in [0.2, 0.25) is 5.89 Å². The third-order valence-corrected chi connectivity index (χ3v) is 2.70. The predicted molar refractivity (Wildman–Crippen MR) is 59.1 cm³/mol. The van der Waals surface area contributed by atoms with Crippen molar-refractivity contribution in [1.82, 2.24) is 30.3 Å². The highest BCUT2D eigenvalue weighted by Crippen LogP contribution is 2.38. The Bertz CT molecular complexity index is 588. The molecule has 0 unspecified atom stereocenters. The second kappa shape index (κ2) is 4.75. The maximum absolute atomic E-state index is 11.6. The summed E-state index contributed by atoms with van der Waals surface area (Å²) in [6.07, 6.45) is 2.19. The van der Waals surface area contributed by atoms with Crippen molar-refractivity contribution in [3.63, 3.8) is 0 Å². The van der Waals surface area contributed by atoms with Crippen LogP contribution in [0.4, 0.5) is 0 Å². The first-order chi connectivity index (χ1) is 9.28. The summed E-state index contributed by atoms with van der Waals surface area (Å²) in [5.41, 5.74) is 0. The lowest BCUT2D eigenvalue weighted by atomic mass is 10.4. The summed E-state index contributed by atoms with van der Waals surface area (Å²) >= 11 is 0. The van der Waals surface area contributed by atoms with Crippen LogP contribution in [0.15, 0.2) is 4.52 Å². The van der Waals surface area contributed by atoms with Crippen LogP contribution in [0, 0.1) is 0 Å². The van der Waals surface area contributed by atoms with Crippen LogP contribution in [-0.2, 0) is 11.3 Å². The zero-order valence-electron chi connectivity index (χ0n) is 10.3. The van der Waals surface area contributed by atoms with Crippen LogP contribution in [0.5, 0.6) is 0 Å². The molecule has 2 aromatic rings. The van der Waals surface area contributed by atoms with Gasteiger partial charge in [-0.1, -0.05) is 5.16 Å². The molecule has 0 N–H and O–H groups in total. The third-order valence-electron chi connectivity index (χ3n) is 2.70. The molecule has 2 aromatic heterocycles. The lowest BCUT2D eigenvalue weighted by Crippen LogP contribution is -2.15. The number of carbonyl (C=O) groups excluding carboxylic acids is 1. The second-order valence-corrected chi connectivity index (χ2v) is 4.20. The van der Waals surface area contributed by atoms with Crippen LogP contribution in [0.25, 0.3) is 0 Å². The maximum Gasteiger partial charge on any atom is 0.378 e. The minimum Gasteiger partial charge on any atom is -0.460 e. The van der Waals surface area contributed by atoms with Gasteiger partial charge in [-0.05, 0) is 30.2 Å². The van der Waals surface area contributed by atoms with E-state index in [1.165, 1.54) is 4.68 Å². The first-order valence-electron chi connectivity index (χ1n) is 6.03. The number of nitrogens with zero attached hydrogens (tertiary/aromatic N) is 6. The van der Waals surface area contributed by atoms with E-state index in [1.807, 2.05) is 0 Å². The number of hydrogen-bond donors (Lipinski definition) is 0. The minimum atomic E-state index is -0.575. The summed E-state index contributed by atoms with van der Waals surface area (Å²) in [6.45, 7) is 2.13. The smallest absolute Gasteiger partial charge is 0.378 e. The Morgan fingerprint density at radius 2 is 2.37 bits per heavy atom. The number of ether oxygens (including phenoxy) is 1. The number of carbonyl (C=O) groups is 1. The van der Waals surface area contributed by atoms with Crippen molar-refractivity contribution in [3.05, 3.63) is 17.5 Å². The molecule has 1 aliphatic rings. The van der Waals surface area contributed by atoms with Crippen LogP contribution < -0.4 is 0 Å². The predicted octanol–water partition coefficient (Wildman–Crippen LogP) is 0.158.